The smallest absolute Gasteiger partial charge is 0.220 e. The number of rotatable bonds is 6. The highest BCUT2D eigenvalue weighted by molar-refractivity contribution is 7.95. The van der Waals surface area contributed by atoms with Gasteiger partial charge in [0.1, 0.15) is 0 Å². The fourth-order valence-electron chi connectivity index (χ4n) is 1.73. The van der Waals surface area contributed by atoms with E-state index in [4.69, 9.17) is 0 Å². The summed E-state index contributed by atoms with van der Waals surface area (Å²) >= 11 is 0. The Kier molecular flexibility index (Phi) is 5.59. The zero-order valence-electron chi connectivity index (χ0n) is 11.0. The van der Waals surface area contributed by atoms with Gasteiger partial charge in [-0.15, -0.1) is 0 Å². The molecule has 1 N–H and O–H groups in total. The number of carbonyl (C=O) groups is 1. The molecule has 0 bridgehead atoms. The van der Waals surface area contributed by atoms with Crippen LogP contribution in [0.4, 0.5) is 0 Å². The van der Waals surface area contributed by atoms with Crippen LogP contribution in [0.3, 0.4) is 0 Å². The number of unbranched alkanes of at least 4 members (excludes halogenated alkanes) is 1. The zero-order chi connectivity index (χ0) is 13.6. The van der Waals surface area contributed by atoms with Crippen molar-refractivity contribution in [1.29, 1.82) is 0 Å². The van der Waals surface area contributed by atoms with Crippen molar-refractivity contribution in [2.75, 3.05) is 5.75 Å². The molecule has 0 saturated heterocycles. The van der Waals surface area contributed by atoms with Crippen molar-refractivity contribution >= 4 is 15.7 Å². The summed E-state index contributed by atoms with van der Waals surface area (Å²) < 4.78 is 24.1. The summed E-state index contributed by atoms with van der Waals surface area (Å²) in [5.74, 6) is 0.116. The molecule has 4 nitrogen and oxygen atoms in total. The predicted molar refractivity (Wildman–Crippen MR) is 72.8 cm³/mol. The highest BCUT2D eigenvalue weighted by Crippen LogP contribution is 2.19. The minimum absolute atomic E-state index is 0.0758. The summed E-state index contributed by atoms with van der Waals surface area (Å²) in [5, 5.41) is 2.76. The van der Waals surface area contributed by atoms with Crippen molar-refractivity contribution in [2.24, 2.45) is 0 Å². The van der Waals surface area contributed by atoms with Gasteiger partial charge < -0.3 is 5.32 Å². The number of hydrogen-bond donors (Lipinski definition) is 1. The van der Waals surface area contributed by atoms with E-state index in [0.717, 1.165) is 6.42 Å². The first-order valence-corrected chi connectivity index (χ1v) is 8.04. The van der Waals surface area contributed by atoms with Crippen LogP contribution >= 0.6 is 0 Å². The number of nitrogens with one attached hydrogen (secondary N) is 1. The average molecular weight is 271 g/mol. The van der Waals surface area contributed by atoms with Crippen LogP contribution in [0.2, 0.25) is 0 Å². The van der Waals surface area contributed by atoms with E-state index in [2.05, 4.69) is 5.32 Å². The number of hydrogen-bond acceptors (Lipinski definition) is 3. The fourth-order valence-corrected chi connectivity index (χ4v) is 3.36. The Bertz CT molecular complexity index is 449. The Morgan fingerprint density at radius 1 is 1.44 bits per heavy atom. The summed E-state index contributed by atoms with van der Waals surface area (Å²) in [4.78, 5) is 11.7. The van der Waals surface area contributed by atoms with E-state index in [9.17, 15) is 13.2 Å². The molecule has 1 aliphatic rings. The Hall–Kier alpha value is -1.10. The van der Waals surface area contributed by atoms with Crippen LogP contribution in [0, 0.1) is 0 Å². The van der Waals surface area contributed by atoms with Gasteiger partial charge >= 0.3 is 0 Å². The Balaban J connectivity index is 2.75. The highest BCUT2D eigenvalue weighted by Gasteiger charge is 2.20. The number of carbonyl (C=O) groups excluding carboxylic acids is 1. The van der Waals surface area contributed by atoms with Crippen LogP contribution in [-0.4, -0.2) is 26.1 Å². The molecule has 1 aliphatic carbocycles. The van der Waals surface area contributed by atoms with Crippen LogP contribution in [0.25, 0.3) is 0 Å². The van der Waals surface area contributed by atoms with Crippen LogP contribution in [0.15, 0.2) is 23.1 Å². The van der Waals surface area contributed by atoms with Gasteiger partial charge in [0.05, 0.1) is 11.8 Å². The van der Waals surface area contributed by atoms with Crippen LogP contribution < -0.4 is 5.32 Å². The molecule has 1 amide bonds. The van der Waals surface area contributed by atoms with E-state index in [1.165, 1.54) is 0 Å². The van der Waals surface area contributed by atoms with Crippen molar-refractivity contribution in [2.45, 2.75) is 45.6 Å². The van der Waals surface area contributed by atoms with Crippen LogP contribution in [0.5, 0.6) is 0 Å². The molecule has 0 aromatic rings. The SMILES string of the molecule is CCCCS(=O)(=O)C1=CC(NC(=O)CC)C=CC1. The molecular formula is C13H21NO3S. The lowest BCUT2D eigenvalue weighted by molar-refractivity contribution is -0.120. The topological polar surface area (TPSA) is 63.2 Å². The molecule has 0 aromatic heterocycles. The van der Waals surface area contributed by atoms with Gasteiger partial charge in [0.15, 0.2) is 9.84 Å². The maximum Gasteiger partial charge on any atom is 0.220 e. The lowest BCUT2D eigenvalue weighted by atomic mass is 10.1. The first-order valence-electron chi connectivity index (χ1n) is 6.39. The van der Waals surface area contributed by atoms with Crippen molar-refractivity contribution in [1.82, 2.24) is 5.32 Å². The van der Waals surface area contributed by atoms with Crippen molar-refractivity contribution < 1.29 is 13.2 Å². The van der Waals surface area contributed by atoms with Gasteiger partial charge in [-0.05, 0) is 12.5 Å². The second kappa shape index (κ2) is 6.73. The maximum absolute atomic E-state index is 12.0. The third-order valence-electron chi connectivity index (χ3n) is 2.84. The molecule has 18 heavy (non-hydrogen) atoms. The van der Waals surface area contributed by atoms with Gasteiger partial charge in [0, 0.05) is 17.7 Å². The fraction of sp³-hybridized carbons (Fsp3) is 0.615. The lowest BCUT2D eigenvalue weighted by Crippen LogP contribution is -2.33. The highest BCUT2D eigenvalue weighted by atomic mass is 32.2. The molecule has 0 radical (unpaired) electrons. The predicted octanol–water partition coefficient (Wildman–Crippen LogP) is 1.94. The zero-order valence-corrected chi connectivity index (χ0v) is 11.8. The first-order chi connectivity index (χ1) is 8.49. The van der Waals surface area contributed by atoms with Crippen LogP contribution in [0.1, 0.15) is 39.5 Å². The Labute approximate surface area is 109 Å². The van der Waals surface area contributed by atoms with E-state index in [0.29, 0.717) is 24.2 Å². The van der Waals surface area contributed by atoms with Crippen molar-refractivity contribution in [3.05, 3.63) is 23.1 Å². The summed E-state index contributed by atoms with van der Waals surface area (Å²) in [6, 6.07) is -0.294. The van der Waals surface area contributed by atoms with Crippen molar-refractivity contribution in [3.63, 3.8) is 0 Å². The van der Waals surface area contributed by atoms with Crippen LogP contribution in [-0.2, 0) is 14.6 Å². The first kappa shape index (κ1) is 15.0. The van der Waals surface area contributed by atoms with E-state index in [1.807, 2.05) is 13.0 Å². The molecule has 1 unspecified atom stereocenters. The minimum atomic E-state index is -3.16. The largest absolute Gasteiger partial charge is 0.346 e. The molecule has 0 aromatic carbocycles. The molecule has 0 heterocycles. The summed E-state index contributed by atoms with van der Waals surface area (Å²) in [6.45, 7) is 3.74. The molecule has 0 saturated carbocycles. The molecule has 0 fully saturated rings. The van der Waals surface area contributed by atoms with Gasteiger partial charge in [-0.25, -0.2) is 8.42 Å². The number of amides is 1. The molecule has 5 heteroatoms. The van der Waals surface area contributed by atoms with Gasteiger partial charge in [-0.2, -0.15) is 0 Å². The van der Waals surface area contributed by atoms with E-state index < -0.39 is 9.84 Å². The maximum atomic E-state index is 12.0. The monoisotopic (exact) mass is 271 g/mol. The van der Waals surface area contributed by atoms with Gasteiger partial charge in [-0.3, -0.25) is 4.79 Å². The third kappa shape index (κ3) is 4.29. The van der Waals surface area contributed by atoms with Gasteiger partial charge in [-0.1, -0.05) is 32.4 Å². The quantitative estimate of drug-likeness (QED) is 0.751. The Morgan fingerprint density at radius 2 is 2.17 bits per heavy atom. The summed E-state index contributed by atoms with van der Waals surface area (Å²) in [5.41, 5.74) is 0. The number of allylic oxidation sites excluding steroid dienone is 2. The molecule has 102 valence electrons. The van der Waals surface area contributed by atoms with Gasteiger partial charge in [0.25, 0.3) is 0 Å². The molecule has 1 atom stereocenters. The Morgan fingerprint density at radius 3 is 2.78 bits per heavy atom. The second-order valence-corrected chi connectivity index (χ2v) is 6.55. The minimum Gasteiger partial charge on any atom is -0.346 e. The van der Waals surface area contributed by atoms with E-state index in [-0.39, 0.29) is 17.7 Å². The normalized spacial score (nSPS) is 19.4. The lowest BCUT2D eigenvalue weighted by Gasteiger charge is -2.17. The van der Waals surface area contributed by atoms with Gasteiger partial charge in [0.2, 0.25) is 5.91 Å². The molecular weight excluding hydrogens is 250 g/mol. The third-order valence-corrected chi connectivity index (χ3v) is 4.77. The van der Waals surface area contributed by atoms with E-state index in [1.54, 1.807) is 19.1 Å². The van der Waals surface area contributed by atoms with Crippen molar-refractivity contribution in [3.8, 4) is 0 Å². The number of sulfone groups is 1. The van der Waals surface area contributed by atoms with E-state index >= 15 is 0 Å². The molecule has 0 aliphatic heterocycles. The summed E-state index contributed by atoms with van der Waals surface area (Å²) in [7, 11) is -3.16. The second-order valence-electron chi connectivity index (χ2n) is 4.38. The molecule has 0 spiro atoms. The summed E-state index contributed by atoms with van der Waals surface area (Å²) in [6.07, 6.45) is 7.65. The standard InChI is InChI=1S/C13H21NO3S/c1-3-5-9-18(16,17)12-8-6-7-11(10-12)14-13(15)4-2/h6-7,10-11H,3-5,8-9H2,1-2H3,(H,14,15). The molecule has 1 rings (SSSR count). The average Bonchev–Trinajstić information content (AvgIpc) is 2.36.